The lowest BCUT2D eigenvalue weighted by molar-refractivity contribution is 0.502. The molecule has 10 heavy (non-hydrogen) atoms. The molecule has 1 N–H and O–H groups in total. The molecule has 0 unspecified atom stereocenters. The van der Waals surface area contributed by atoms with Crippen molar-refractivity contribution >= 4 is 0 Å². The zero-order valence-electron chi connectivity index (χ0n) is 7.19. The van der Waals surface area contributed by atoms with Crippen LogP contribution >= 0.6 is 0 Å². The first-order valence-corrected chi connectivity index (χ1v) is 4.56. The Morgan fingerprint density at radius 1 is 1.50 bits per heavy atom. The zero-order valence-corrected chi connectivity index (χ0v) is 7.19. The molecular weight excluding hydrogens is 122 g/mol. The fourth-order valence-electron chi connectivity index (χ4n) is 1.74. The molecule has 0 bridgehead atoms. The SMILES string of the molecule is CCCN[C@H]1CC[C@@H](C)C1.[HH]. The molecule has 0 radical (unpaired) electrons. The zero-order chi connectivity index (χ0) is 7.40. The normalized spacial score (nSPS) is 33.0. The van der Waals surface area contributed by atoms with E-state index < -0.39 is 0 Å². The van der Waals surface area contributed by atoms with Crippen LogP contribution in [0.25, 0.3) is 0 Å². The van der Waals surface area contributed by atoms with Gasteiger partial charge in [0.2, 0.25) is 0 Å². The lowest BCUT2D eigenvalue weighted by atomic mass is 10.1. The molecule has 0 aromatic heterocycles. The summed E-state index contributed by atoms with van der Waals surface area (Å²) in [6.45, 7) is 5.79. The number of hydrogen-bond acceptors (Lipinski definition) is 1. The Bertz CT molecular complexity index is 95.6. The summed E-state index contributed by atoms with van der Waals surface area (Å²) in [4.78, 5) is 0. The summed E-state index contributed by atoms with van der Waals surface area (Å²) in [6.07, 6.45) is 5.51. The molecule has 0 aromatic carbocycles. The van der Waals surface area contributed by atoms with Gasteiger partial charge >= 0.3 is 0 Å². The molecule has 1 aliphatic carbocycles. The Labute approximate surface area is 65.7 Å². The molecule has 62 valence electrons. The standard InChI is InChI=1S/C9H19N.H2/c1-3-6-10-9-5-4-8(2)7-9;/h8-10H,3-7H2,1-2H3;1H/t8-,9+;/m1./s1. The minimum absolute atomic E-state index is 0. The van der Waals surface area contributed by atoms with Crippen LogP contribution in [0.2, 0.25) is 0 Å². The topological polar surface area (TPSA) is 12.0 Å². The van der Waals surface area contributed by atoms with Crippen LogP contribution in [0.4, 0.5) is 0 Å². The predicted molar refractivity (Wildman–Crippen MR) is 47.2 cm³/mol. The second-order valence-corrected chi connectivity index (χ2v) is 3.57. The summed E-state index contributed by atoms with van der Waals surface area (Å²) in [5.74, 6) is 0.967. The van der Waals surface area contributed by atoms with Gasteiger partial charge < -0.3 is 5.32 Å². The summed E-state index contributed by atoms with van der Waals surface area (Å²) in [7, 11) is 0. The van der Waals surface area contributed by atoms with Crippen molar-refractivity contribution < 1.29 is 1.43 Å². The van der Waals surface area contributed by atoms with Crippen LogP contribution in [0.15, 0.2) is 0 Å². The monoisotopic (exact) mass is 143 g/mol. The van der Waals surface area contributed by atoms with Crippen molar-refractivity contribution in [2.24, 2.45) is 5.92 Å². The maximum Gasteiger partial charge on any atom is 0.00696 e. The van der Waals surface area contributed by atoms with E-state index in [1.54, 1.807) is 0 Å². The molecule has 1 fully saturated rings. The largest absolute Gasteiger partial charge is 0.314 e. The van der Waals surface area contributed by atoms with Gasteiger partial charge in [-0.1, -0.05) is 13.8 Å². The van der Waals surface area contributed by atoms with Gasteiger partial charge in [0.05, 0.1) is 0 Å². The molecule has 1 nitrogen and oxygen atoms in total. The van der Waals surface area contributed by atoms with Crippen molar-refractivity contribution in [1.82, 2.24) is 5.32 Å². The Morgan fingerprint density at radius 2 is 2.30 bits per heavy atom. The van der Waals surface area contributed by atoms with Crippen LogP contribution < -0.4 is 5.32 Å². The quantitative estimate of drug-likeness (QED) is 0.640. The van der Waals surface area contributed by atoms with E-state index >= 15 is 0 Å². The van der Waals surface area contributed by atoms with Gasteiger partial charge in [-0.3, -0.25) is 0 Å². The van der Waals surface area contributed by atoms with E-state index in [1.807, 2.05) is 0 Å². The maximum atomic E-state index is 3.56. The minimum atomic E-state index is 0. The number of rotatable bonds is 3. The molecule has 0 saturated heterocycles. The average molecular weight is 143 g/mol. The summed E-state index contributed by atoms with van der Waals surface area (Å²) in [5, 5.41) is 3.56. The highest BCUT2D eigenvalue weighted by Crippen LogP contribution is 2.24. The van der Waals surface area contributed by atoms with Crippen LogP contribution in [-0.2, 0) is 0 Å². The number of nitrogens with one attached hydrogen (secondary N) is 1. The third-order valence-electron chi connectivity index (χ3n) is 2.38. The van der Waals surface area contributed by atoms with Crippen molar-refractivity contribution in [3.8, 4) is 0 Å². The Balaban J connectivity index is 0.000001000. The third-order valence-corrected chi connectivity index (χ3v) is 2.38. The first-order valence-electron chi connectivity index (χ1n) is 4.56. The number of hydrogen-bond donors (Lipinski definition) is 1. The third kappa shape index (κ3) is 2.30. The highest BCUT2D eigenvalue weighted by molar-refractivity contribution is 4.77. The lowest BCUT2D eigenvalue weighted by Crippen LogP contribution is -2.26. The molecule has 0 amide bonds. The van der Waals surface area contributed by atoms with Gasteiger partial charge in [-0.2, -0.15) is 0 Å². The van der Waals surface area contributed by atoms with Crippen LogP contribution in [0.1, 0.15) is 41.0 Å². The van der Waals surface area contributed by atoms with Gasteiger partial charge in [0.1, 0.15) is 0 Å². The molecule has 0 aliphatic heterocycles. The summed E-state index contributed by atoms with van der Waals surface area (Å²) >= 11 is 0. The second-order valence-electron chi connectivity index (χ2n) is 3.57. The van der Waals surface area contributed by atoms with Crippen molar-refractivity contribution in [2.75, 3.05) is 6.54 Å². The first kappa shape index (κ1) is 8.06. The van der Waals surface area contributed by atoms with Crippen molar-refractivity contribution in [2.45, 2.75) is 45.6 Å². The summed E-state index contributed by atoms with van der Waals surface area (Å²) in [6, 6.07) is 0.843. The van der Waals surface area contributed by atoms with Crippen LogP contribution in [-0.4, -0.2) is 12.6 Å². The van der Waals surface area contributed by atoms with Gasteiger partial charge in [-0.15, -0.1) is 0 Å². The predicted octanol–water partition coefficient (Wildman–Crippen LogP) is 2.42. The Kier molecular flexibility index (Phi) is 3.20. The Morgan fingerprint density at radius 3 is 2.80 bits per heavy atom. The van der Waals surface area contributed by atoms with Gasteiger partial charge in [0.25, 0.3) is 0 Å². The van der Waals surface area contributed by atoms with Gasteiger partial charge in [0.15, 0.2) is 0 Å². The van der Waals surface area contributed by atoms with E-state index in [0.717, 1.165) is 12.0 Å². The fraction of sp³-hybridized carbons (Fsp3) is 1.00. The molecule has 0 spiro atoms. The average Bonchev–Trinajstić information content (AvgIpc) is 2.31. The summed E-state index contributed by atoms with van der Waals surface area (Å²) in [5.41, 5.74) is 0. The van der Waals surface area contributed by atoms with E-state index in [1.165, 1.54) is 32.2 Å². The highest BCUT2D eigenvalue weighted by atomic mass is 14.9. The highest BCUT2D eigenvalue weighted by Gasteiger charge is 2.19. The minimum Gasteiger partial charge on any atom is -0.314 e. The van der Waals surface area contributed by atoms with Gasteiger partial charge in [-0.25, -0.2) is 0 Å². The second kappa shape index (κ2) is 3.97. The van der Waals surface area contributed by atoms with Gasteiger partial charge in [0, 0.05) is 7.47 Å². The van der Waals surface area contributed by atoms with E-state index in [9.17, 15) is 0 Å². The molecule has 1 aliphatic rings. The lowest BCUT2D eigenvalue weighted by Gasteiger charge is -2.10. The summed E-state index contributed by atoms with van der Waals surface area (Å²) < 4.78 is 0. The van der Waals surface area contributed by atoms with Crippen LogP contribution in [0.5, 0.6) is 0 Å². The van der Waals surface area contributed by atoms with Crippen LogP contribution in [0.3, 0.4) is 0 Å². The fourth-order valence-corrected chi connectivity index (χ4v) is 1.74. The van der Waals surface area contributed by atoms with Crippen LogP contribution in [0, 0.1) is 5.92 Å². The van der Waals surface area contributed by atoms with E-state index in [0.29, 0.717) is 0 Å². The van der Waals surface area contributed by atoms with Crippen molar-refractivity contribution in [3.05, 3.63) is 0 Å². The van der Waals surface area contributed by atoms with Crippen molar-refractivity contribution in [1.29, 1.82) is 0 Å². The van der Waals surface area contributed by atoms with Crippen molar-refractivity contribution in [3.63, 3.8) is 0 Å². The van der Waals surface area contributed by atoms with E-state index in [-0.39, 0.29) is 1.43 Å². The smallest absolute Gasteiger partial charge is 0.00696 e. The van der Waals surface area contributed by atoms with E-state index in [4.69, 9.17) is 0 Å². The maximum absolute atomic E-state index is 3.56. The molecule has 1 rings (SSSR count). The van der Waals surface area contributed by atoms with E-state index in [2.05, 4.69) is 19.2 Å². The first-order chi connectivity index (χ1) is 4.83. The molecule has 0 aromatic rings. The molecular formula is C9H21N. The molecule has 0 heterocycles. The molecule has 2 atom stereocenters. The Hall–Kier alpha value is -0.0400. The molecule has 1 saturated carbocycles. The van der Waals surface area contributed by atoms with Gasteiger partial charge in [-0.05, 0) is 38.1 Å². The molecule has 1 heteroatoms.